The highest BCUT2D eigenvalue weighted by Crippen LogP contribution is 2.25. The molecule has 5 nitrogen and oxygen atoms in total. The lowest BCUT2D eigenvalue weighted by molar-refractivity contribution is -0.134. The smallest absolute Gasteiger partial charge is 0.236 e. The number of carbonyl (C=O) groups is 1. The number of anilines is 1. The highest BCUT2D eigenvalue weighted by Gasteiger charge is 2.30. The van der Waals surface area contributed by atoms with Crippen molar-refractivity contribution in [3.63, 3.8) is 0 Å². The molecule has 1 saturated carbocycles. The molecule has 2 heterocycles. The first-order chi connectivity index (χ1) is 12.7. The maximum Gasteiger partial charge on any atom is 0.236 e. The lowest BCUT2D eigenvalue weighted by Gasteiger charge is -2.43. The summed E-state index contributed by atoms with van der Waals surface area (Å²) in [4.78, 5) is 21.7. The highest BCUT2D eigenvalue weighted by atomic mass is 19.1. The van der Waals surface area contributed by atoms with Gasteiger partial charge in [-0.05, 0) is 37.1 Å². The van der Waals surface area contributed by atoms with E-state index in [-0.39, 0.29) is 11.7 Å². The Bertz CT molecular complexity index is 603. The van der Waals surface area contributed by atoms with Crippen LogP contribution in [0.2, 0.25) is 0 Å². The van der Waals surface area contributed by atoms with E-state index < -0.39 is 0 Å². The summed E-state index contributed by atoms with van der Waals surface area (Å²) in [5.74, 6) is 0.0730. The molecule has 26 heavy (non-hydrogen) atoms. The van der Waals surface area contributed by atoms with Crippen LogP contribution in [0.15, 0.2) is 24.3 Å². The molecule has 0 N–H and O–H groups in total. The van der Waals surface area contributed by atoms with Gasteiger partial charge in [0.2, 0.25) is 5.91 Å². The molecular weight excluding hydrogens is 331 g/mol. The summed E-state index contributed by atoms with van der Waals surface area (Å²) < 4.78 is 13.1. The average molecular weight is 360 g/mol. The van der Waals surface area contributed by atoms with Crippen LogP contribution in [-0.2, 0) is 4.79 Å². The number of halogens is 1. The molecule has 0 radical (unpaired) electrons. The van der Waals surface area contributed by atoms with Gasteiger partial charge in [-0.15, -0.1) is 0 Å². The molecule has 0 unspecified atom stereocenters. The zero-order valence-electron chi connectivity index (χ0n) is 15.4. The van der Waals surface area contributed by atoms with Gasteiger partial charge < -0.3 is 9.80 Å². The topological polar surface area (TPSA) is 30.0 Å². The van der Waals surface area contributed by atoms with Crippen LogP contribution in [0.25, 0.3) is 0 Å². The summed E-state index contributed by atoms with van der Waals surface area (Å²) in [6.07, 6.45) is 4.05. The van der Waals surface area contributed by atoms with Gasteiger partial charge >= 0.3 is 0 Å². The lowest BCUT2D eigenvalue weighted by atomic mass is 9.91. The fourth-order valence-corrected chi connectivity index (χ4v) is 4.20. The molecule has 1 amide bonds. The van der Waals surface area contributed by atoms with Crippen LogP contribution in [0.5, 0.6) is 0 Å². The van der Waals surface area contributed by atoms with Crippen molar-refractivity contribution in [1.29, 1.82) is 0 Å². The van der Waals surface area contributed by atoms with Gasteiger partial charge in [-0.25, -0.2) is 4.39 Å². The normalized spacial score (nSPS) is 23.1. The molecule has 1 aromatic carbocycles. The number of benzene rings is 1. The molecule has 142 valence electrons. The number of nitrogens with zero attached hydrogens (tertiary/aromatic N) is 4. The SMILES string of the molecule is O=C(CN1CCN(c2ccc(F)cc2)CC1)N1CCN(C2CCC2)CC1. The van der Waals surface area contributed by atoms with E-state index in [9.17, 15) is 9.18 Å². The Morgan fingerprint density at radius 1 is 0.923 bits per heavy atom. The summed E-state index contributed by atoms with van der Waals surface area (Å²) >= 11 is 0. The molecule has 4 rings (SSSR count). The van der Waals surface area contributed by atoms with Crippen molar-refractivity contribution < 1.29 is 9.18 Å². The van der Waals surface area contributed by atoms with Crippen molar-refractivity contribution in [1.82, 2.24) is 14.7 Å². The Kier molecular flexibility index (Phi) is 5.41. The first-order valence-electron chi connectivity index (χ1n) is 9.94. The van der Waals surface area contributed by atoms with Gasteiger partial charge in [0.1, 0.15) is 5.82 Å². The minimum absolute atomic E-state index is 0.199. The molecule has 3 fully saturated rings. The minimum atomic E-state index is -0.199. The Morgan fingerprint density at radius 2 is 1.58 bits per heavy atom. The predicted molar refractivity (Wildman–Crippen MR) is 101 cm³/mol. The number of piperazine rings is 2. The summed E-state index contributed by atoms with van der Waals surface area (Å²) in [5.41, 5.74) is 1.06. The summed E-state index contributed by atoms with van der Waals surface area (Å²) in [5, 5.41) is 0. The van der Waals surface area contributed by atoms with E-state index >= 15 is 0 Å². The number of rotatable bonds is 4. The van der Waals surface area contributed by atoms with E-state index in [4.69, 9.17) is 0 Å². The lowest BCUT2D eigenvalue weighted by Crippen LogP contribution is -2.56. The van der Waals surface area contributed by atoms with E-state index in [0.29, 0.717) is 6.54 Å². The van der Waals surface area contributed by atoms with Gasteiger partial charge in [-0.3, -0.25) is 14.6 Å². The second-order valence-electron chi connectivity index (χ2n) is 7.74. The molecule has 2 saturated heterocycles. The molecule has 1 aromatic rings. The van der Waals surface area contributed by atoms with Crippen LogP contribution in [-0.4, -0.2) is 85.6 Å². The molecule has 0 bridgehead atoms. The van der Waals surface area contributed by atoms with Crippen molar-refractivity contribution in [2.45, 2.75) is 25.3 Å². The fourth-order valence-electron chi connectivity index (χ4n) is 4.20. The van der Waals surface area contributed by atoms with E-state index in [2.05, 4.69) is 14.7 Å². The maximum atomic E-state index is 13.1. The van der Waals surface area contributed by atoms with Crippen molar-refractivity contribution in [2.75, 3.05) is 63.8 Å². The van der Waals surface area contributed by atoms with Crippen LogP contribution in [0.4, 0.5) is 10.1 Å². The largest absolute Gasteiger partial charge is 0.369 e. The van der Waals surface area contributed by atoms with Gasteiger partial charge in [0.25, 0.3) is 0 Å². The molecule has 0 atom stereocenters. The van der Waals surface area contributed by atoms with E-state index in [1.807, 2.05) is 17.0 Å². The van der Waals surface area contributed by atoms with E-state index in [1.54, 1.807) is 0 Å². The predicted octanol–water partition coefficient (Wildman–Crippen LogP) is 1.64. The second kappa shape index (κ2) is 7.92. The van der Waals surface area contributed by atoms with Gasteiger partial charge in [-0.2, -0.15) is 0 Å². The molecule has 3 aliphatic rings. The molecular formula is C20H29FN4O. The first kappa shape index (κ1) is 17.7. The standard InChI is InChI=1S/C20H29FN4O/c21-17-4-6-19(7-5-17)23-10-8-22(9-11-23)16-20(26)25-14-12-24(13-15-25)18-2-1-3-18/h4-7,18H,1-3,8-16H2. The van der Waals surface area contributed by atoms with Crippen molar-refractivity contribution >= 4 is 11.6 Å². The molecule has 0 spiro atoms. The number of hydrogen-bond donors (Lipinski definition) is 0. The zero-order valence-corrected chi connectivity index (χ0v) is 15.4. The third-order valence-electron chi connectivity index (χ3n) is 6.18. The van der Waals surface area contributed by atoms with Gasteiger partial charge in [0.05, 0.1) is 6.54 Å². The summed E-state index contributed by atoms with van der Waals surface area (Å²) in [7, 11) is 0. The van der Waals surface area contributed by atoms with Crippen molar-refractivity contribution in [2.24, 2.45) is 0 Å². The van der Waals surface area contributed by atoms with Crippen LogP contribution in [0.1, 0.15) is 19.3 Å². The number of hydrogen-bond acceptors (Lipinski definition) is 4. The van der Waals surface area contributed by atoms with Gasteiger partial charge in [-0.1, -0.05) is 6.42 Å². The van der Waals surface area contributed by atoms with Crippen LogP contribution in [0.3, 0.4) is 0 Å². The van der Waals surface area contributed by atoms with Crippen LogP contribution >= 0.6 is 0 Å². The van der Waals surface area contributed by atoms with Crippen LogP contribution in [0, 0.1) is 5.82 Å². The van der Waals surface area contributed by atoms with Gasteiger partial charge in [0, 0.05) is 64.1 Å². The molecule has 1 aliphatic carbocycles. The average Bonchev–Trinajstić information content (AvgIpc) is 2.62. The third-order valence-corrected chi connectivity index (χ3v) is 6.18. The molecule has 6 heteroatoms. The Labute approximate surface area is 155 Å². The van der Waals surface area contributed by atoms with Gasteiger partial charge in [0.15, 0.2) is 0 Å². The summed E-state index contributed by atoms with van der Waals surface area (Å²) in [6.45, 7) is 7.89. The monoisotopic (exact) mass is 360 g/mol. The maximum absolute atomic E-state index is 13.1. The Morgan fingerprint density at radius 3 is 2.15 bits per heavy atom. The third kappa shape index (κ3) is 4.01. The highest BCUT2D eigenvalue weighted by molar-refractivity contribution is 5.78. The van der Waals surface area contributed by atoms with E-state index in [0.717, 1.165) is 64.1 Å². The zero-order chi connectivity index (χ0) is 17.9. The summed E-state index contributed by atoms with van der Waals surface area (Å²) in [6, 6.07) is 7.46. The number of carbonyl (C=O) groups excluding carboxylic acids is 1. The first-order valence-corrected chi connectivity index (χ1v) is 9.94. The fraction of sp³-hybridized carbons (Fsp3) is 0.650. The van der Waals surface area contributed by atoms with Crippen molar-refractivity contribution in [3.05, 3.63) is 30.1 Å². The Hall–Kier alpha value is -1.66. The van der Waals surface area contributed by atoms with E-state index in [1.165, 1.54) is 31.4 Å². The van der Waals surface area contributed by atoms with Crippen LogP contribution < -0.4 is 4.90 Å². The molecule has 0 aromatic heterocycles. The minimum Gasteiger partial charge on any atom is -0.369 e. The van der Waals surface area contributed by atoms with Crippen molar-refractivity contribution in [3.8, 4) is 0 Å². The Balaban J connectivity index is 1.20. The number of amides is 1. The quantitative estimate of drug-likeness (QED) is 0.817. The molecule has 2 aliphatic heterocycles. The second-order valence-corrected chi connectivity index (χ2v) is 7.74.